The van der Waals surface area contributed by atoms with Crippen LogP contribution in [0, 0.1) is 5.82 Å². The fourth-order valence-electron chi connectivity index (χ4n) is 2.76. The summed E-state index contributed by atoms with van der Waals surface area (Å²) in [6, 6.07) is 10.0. The average Bonchev–Trinajstić information content (AvgIpc) is 2.42. The highest BCUT2D eigenvalue weighted by Gasteiger charge is 2.22. The monoisotopic (exact) mass is 291 g/mol. The van der Waals surface area contributed by atoms with Gasteiger partial charge in [0, 0.05) is 0 Å². The molecule has 1 atom stereocenters. The highest BCUT2D eigenvalue weighted by Crippen LogP contribution is 2.36. The summed E-state index contributed by atoms with van der Waals surface area (Å²) in [6.07, 6.45) is 2.86. The highest BCUT2D eigenvalue weighted by molar-refractivity contribution is 6.33. The lowest BCUT2D eigenvalue weighted by atomic mass is 9.87. The Bertz CT molecular complexity index is 624. The number of aromatic hydroxyl groups is 1. The molecular weight excluding hydrogens is 277 g/mol. The summed E-state index contributed by atoms with van der Waals surface area (Å²) in [5.74, 6) is -0.0725. The van der Waals surface area contributed by atoms with Crippen molar-refractivity contribution in [1.82, 2.24) is 0 Å². The van der Waals surface area contributed by atoms with Gasteiger partial charge in [0.2, 0.25) is 0 Å². The zero-order valence-corrected chi connectivity index (χ0v) is 11.6. The summed E-state index contributed by atoms with van der Waals surface area (Å²) in [5.41, 5.74) is 2.56. The molecule has 0 aromatic heterocycles. The number of phenols is 1. The van der Waals surface area contributed by atoms with E-state index in [2.05, 4.69) is 5.32 Å². The molecule has 0 amide bonds. The van der Waals surface area contributed by atoms with Crippen LogP contribution in [0.1, 0.15) is 30.0 Å². The first-order valence-corrected chi connectivity index (χ1v) is 7.05. The van der Waals surface area contributed by atoms with Crippen LogP contribution in [-0.2, 0) is 6.42 Å². The van der Waals surface area contributed by atoms with Gasteiger partial charge in [0.1, 0.15) is 11.6 Å². The molecule has 0 radical (unpaired) electrons. The van der Waals surface area contributed by atoms with Gasteiger partial charge in [-0.05, 0) is 54.7 Å². The standard InChI is InChI=1S/C16H15ClFNO/c17-13-4-2-5-14(18)16(13)19-15-6-1-3-10-9-11(20)7-8-12(10)15/h2,4-5,7-9,15,19-20H,1,3,6H2. The van der Waals surface area contributed by atoms with Crippen molar-refractivity contribution >= 4 is 17.3 Å². The number of nitrogens with one attached hydrogen (secondary N) is 1. The lowest BCUT2D eigenvalue weighted by molar-refractivity contribution is 0.472. The fraction of sp³-hybridized carbons (Fsp3) is 0.250. The van der Waals surface area contributed by atoms with Crippen LogP contribution >= 0.6 is 11.6 Å². The summed E-state index contributed by atoms with van der Waals surface area (Å²) in [4.78, 5) is 0. The van der Waals surface area contributed by atoms with E-state index in [4.69, 9.17) is 11.6 Å². The minimum atomic E-state index is -0.344. The molecule has 0 saturated heterocycles. The van der Waals surface area contributed by atoms with Crippen LogP contribution in [0.2, 0.25) is 5.02 Å². The summed E-state index contributed by atoms with van der Waals surface area (Å²) >= 11 is 6.06. The molecule has 2 aromatic rings. The maximum Gasteiger partial charge on any atom is 0.147 e. The quantitative estimate of drug-likeness (QED) is 0.842. The molecule has 2 N–H and O–H groups in total. The SMILES string of the molecule is Oc1ccc2c(c1)CCCC2Nc1c(F)cccc1Cl. The van der Waals surface area contributed by atoms with E-state index in [0.29, 0.717) is 10.7 Å². The number of benzene rings is 2. The molecule has 0 aliphatic heterocycles. The first-order chi connectivity index (χ1) is 9.65. The Kier molecular flexibility index (Phi) is 3.53. The molecule has 1 aliphatic carbocycles. The third-order valence-corrected chi connectivity index (χ3v) is 4.04. The summed E-state index contributed by atoms with van der Waals surface area (Å²) in [5, 5.41) is 13.1. The van der Waals surface area contributed by atoms with Crippen LogP contribution < -0.4 is 5.32 Å². The third kappa shape index (κ3) is 2.46. The zero-order chi connectivity index (χ0) is 14.1. The molecule has 0 heterocycles. The second-order valence-corrected chi connectivity index (χ2v) is 5.48. The molecule has 4 heteroatoms. The number of phenolic OH excluding ortho intramolecular Hbond substituents is 1. The van der Waals surface area contributed by atoms with Crippen LogP contribution in [-0.4, -0.2) is 5.11 Å². The molecular formula is C16H15ClFNO. The van der Waals surface area contributed by atoms with Crippen molar-refractivity contribution in [2.45, 2.75) is 25.3 Å². The largest absolute Gasteiger partial charge is 0.508 e. The van der Waals surface area contributed by atoms with Crippen molar-refractivity contribution in [1.29, 1.82) is 0 Å². The first kappa shape index (κ1) is 13.3. The molecule has 2 nitrogen and oxygen atoms in total. The normalized spacial score (nSPS) is 17.6. The van der Waals surface area contributed by atoms with Crippen molar-refractivity contribution in [3.63, 3.8) is 0 Å². The van der Waals surface area contributed by atoms with Gasteiger partial charge < -0.3 is 10.4 Å². The molecule has 1 aliphatic rings. The van der Waals surface area contributed by atoms with E-state index < -0.39 is 0 Å². The van der Waals surface area contributed by atoms with E-state index in [-0.39, 0.29) is 17.6 Å². The van der Waals surface area contributed by atoms with Gasteiger partial charge in [-0.25, -0.2) is 4.39 Å². The molecule has 104 valence electrons. The molecule has 2 aromatic carbocycles. The second-order valence-electron chi connectivity index (χ2n) is 5.07. The first-order valence-electron chi connectivity index (χ1n) is 6.67. The van der Waals surface area contributed by atoms with Crippen LogP contribution in [0.5, 0.6) is 5.75 Å². The van der Waals surface area contributed by atoms with Gasteiger partial charge in [0.15, 0.2) is 0 Å². The Labute approximate surface area is 122 Å². The molecule has 0 spiro atoms. The number of hydrogen-bond donors (Lipinski definition) is 2. The zero-order valence-electron chi connectivity index (χ0n) is 10.9. The molecule has 1 unspecified atom stereocenters. The summed E-state index contributed by atoms with van der Waals surface area (Å²) < 4.78 is 13.9. The molecule has 3 rings (SSSR count). The van der Waals surface area contributed by atoms with Gasteiger partial charge in [-0.15, -0.1) is 0 Å². The van der Waals surface area contributed by atoms with E-state index >= 15 is 0 Å². The Balaban J connectivity index is 1.94. The maximum absolute atomic E-state index is 13.9. The fourth-order valence-corrected chi connectivity index (χ4v) is 2.98. The van der Waals surface area contributed by atoms with Crippen LogP contribution in [0.25, 0.3) is 0 Å². The predicted octanol–water partition coefficient (Wildman–Crippen LogP) is 4.67. The number of aryl methyl sites for hydroxylation is 1. The minimum Gasteiger partial charge on any atom is -0.508 e. The van der Waals surface area contributed by atoms with Gasteiger partial charge in [0.05, 0.1) is 16.8 Å². The van der Waals surface area contributed by atoms with Crippen LogP contribution in [0.15, 0.2) is 36.4 Å². The number of anilines is 1. The second kappa shape index (κ2) is 5.33. The van der Waals surface area contributed by atoms with Crippen molar-refractivity contribution in [3.05, 3.63) is 58.4 Å². The maximum atomic E-state index is 13.9. The summed E-state index contributed by atoms with van der Waals surface area (Å²) in [6.45, 7) is 0. The predicted molar refractivity (Wildman–Crippen MR) is 78.8 cm³/mol. The molecule has 0 saturated carbocycles. The van der Waals surface area contributed by atoms with Gasteiger partial charge in [-0.1, -0.05) is 23.7 Å². The molecule has 0 bridgehead atoms. The van der Waals surface area contributed by atoms with Crippen molar-refractivity contribution in [3.8, 4) is 5.75 Å². The lowest BCUT2D eigenvalue weighted by Gasteiger charge is -2.28. The van der Waals surface area contributed by atoms with E-state index in [0.717, 1.165) is 30.4 Å². The Morgan fingerprint density at radius 3 is 2.90 bits per heavy atom. The van der Waals surface area contributed by atoms with E-state index in [1.165, 1.54) is 6.07 Å². The summed E-state index contributed by atoms with van der Waals surface area (Å²) in [7, 11) is 0. The van der Waals surface area contributed by atoms with E-state index in [9.17, 15) is 9.50 Å². The smallest absolute Gasteiger partial charge is 0.147 e. The Morgan fingerprint density at radius 2 is 2.10 bits per heavy atom. The van der Waals surface area contributed by atoms with Crippen molar-refractivity contribution in [2.75, 3.05) is 5.32 Å². The van der Waals surface area contributed by atoms with Gasteiger partial charge in [0.25, 0.3) is 0 Å². The Hall–Kier alpha value is -1.74. The van der Waals surface area contributed by atoms with Gasteiger partial charge in [-0.3, -0.25) is 0 Å². The number of halogens is 2. The topological polar surface area (TPSA) is 32.3 Å². The van der Waals surface area contributed by atoms with E-state index in [1.54, 1.807) is 24.3 Å². The Morgan fingerprint density at radius 1 is 1.25 bits per heavy atom. The lowest BCUT2D eigenvalue weighted by Crippen LogP contribution is -2.18. The number of para-hydroxylation sites is 1. The molecule has 20 heavy (non-hydrogen) atoms. The van der Waals surface area contributed by atoms with E-state index in [1.807, 2.05) is 6.07 Å². The highest BCUT2D eigenvalue weighted by atomic mass is 35.5. The minimum absolute atomic E-state index is 0.0220. The number of rotatable bonds is 2. The van der Waals surface area contributed by atoms with Crippen LogP contribution in [0.3, 0.4) is 0 Å². The average molecular weight is 292 g/mol. The van der Waals surface area contributed by atoms with Gasteiger partial charge in [-0.2, -0.15) is 0 Å². The van der Waals surface area contributed by atoms with Crippen LogP contribution in [0.4, 0.5) is 10.1 Å². The van der Waals surface area contributed by atoms with Crippen molar-refractivity contribution < 1.29 is 9.50 Å². The van der Waals surface area contributed by atoms with Gasteiger partial charge >= 0.3 is 0 Å². The molecule has 0 fully saturated rings. The van der Waals surface area contributed by atoms with Crippen molar-refractivity contribution in [2.24, 2.45) is 0 Å². The third-order valence-electron chi connectivity index (χ3n) is 3.72. The number of hydrogen-bond acceptors (Lipinski definition) is 2. The number of fused-ring (bicyclic) bond motifs is 1.